The summed E-state index contributed by atoms with van der Waals surface area (Å²) in [5.41, 5.74) is 4.08. The van der Waals surface area contributed by atoms with Gasteiger partial charge in [0.1, 0.15) is 12.4 Å². The minimum absolute atomic E-state index is 0.326. The second-order valence-corrected chi connectivity index (χ2v) is 17.5. The third-order valence-electron chi connectivity index (χ3n) is 14.6. The highest BCUT2D eigenvalue weighted by Crippen LogP contribution is 2.67. The molecule has 0 aromatic heterocycles. The number of hydrogen-bond donors (Lipinski definition) is 0. The van der Waals surface area contributed by atoms with Crippen LogP contribution in [0.3, 0.4) is 0 Å². The molecule has 3 aromatic rings. The molecule has 3 fully saturated rings. The Bertz CT molecular complexity index is 1680. The normalized spacial score (nSPS) is 32.7. The van der Waals surface area contributed by atoms with Crippen molar-refractivity contribution < 1.29 is 9.47 Å². The van der Waals surface area contributed by atoms with Crippen LogP contribution in [0.4, 0.5) is 0 Å². The Balaban J connectivity index is 0.970. The molecule has 0 radical (unpaired) electrons. The van der Waals surface area contributed by atoms with E-state index in [1.807, 2.05) is 0 Å². The lowest BCUT2D eigenvalue weighted by atomic mass is 9.47. The van der Waals surface area contributed by atoms with E-state index in [1.54, 1.807) is 5.57 Å². The van der Waals surface area contributed by atoms with Crippen molar-refractivity contribution in [1.82, 2.24) is 0 Å². The third-order valence-corrected chi connectivity index (χ3v) is 14.6. The molecule has 3 saturated carbocycles. The molecule has 260 valence electrons. The van der Waals surface area contributed by atoms with Crippen molar-refractivity contribution in [2.45, 2.75) is 132 Å². The largest absolute Gasteiger partial charge is 0.491 e. The molecule has 4 aliphatic rings. The van der Waals surface area contributed by atoms with Crippen molar-refractivity contribution in [3.8, 4) is 5.75 Å². The van der Waals surface area contributed by atoms with Gasteiger partial charge >= 0.3 is 0 Å². The van der Waals surface area contributed by atoms with E-state index in [0.29, 0.717) is 30.1 Å². The maximum atomic E-state index is 6.58. The summed E-state index contributed by atoms with van der Waals surface area (Å²) < 4.78 is 13.0. The van der Waals surface area contributed by atoms with Gasteiger partial charge in [-0.25, -0.2) is 0 Å². The molecule has 0 aliphatic heterocycles. The van der Waals surface area contributed by atoms with Crippen LogP contribution in [-0.2, 0) is 11.2 Å². The molecule has 0 heterocycles. The standard InChI is InChI=1S/C46H64O2/c1-8-32-13-14-34-16-22-42(38-18-15-33(9-2)43(32)44(34)38)48-28-27-47-36-23-25-45(6)35(29-36)17-19-37-40-21-20-39(31(5)12-10-11-30(3)4)46(40,7)26-24-41(37)45/h9,13-18,22,30-31,36-37,39-41H,8,10-12,19-21,23-29H2,1-7H3/b33-9+. The summed E-state index contributed by atoms with van der Waals surface area (Å²) in [6.45, 7) is 18.4. The van der Waals surface area contributed by atoms with Gasteiger partial charge < -0.3 is 9.47 Å². The molecule has 0 amide bonds. The summed E-state index contributed by atoms with van der Waals surface area (Å²) in [5, 5.41) is 6.54. The average Bonchev–Trinajstić information content (AvgIpc) is 3.44. The van der Waals surface area contributed by atoms with Crippen LogP contribution in [-0.4, -0.2) is 19.3 Å². The zero-order valence-electron chi connectivity index (χ0n) is 31.4. The highest BCUT2D eigenvalue weighted by Gasteiger charge is 2.59. The Kier molecular flexibility index (Phi) is 9.80. The molecule has 0 spiro atoms. The average molecular weight is 649 g/mol. The maximum Gasteiger partial charge on any atom is 0.127 e. The molecule has 8 unspecified atom stereocenters. The summed E-state index contributed by atoms with van der Waals surface area (Å²) in [6, 6.07) is 13.5. The first kappa shape index (κ1) is 34.1. The van der Waals surface area contributed by atoms with E-state index in [0.717, 1.165) is 54.1 Å². The monoisotopic (exact) mass is 648 g/mol. The molecular formula is C46H64O2. The third kappa shape index (κ3) is 5.95. The highest BCUT2D eigenvalue weighted by atomic mass is 16.5. The Morgan fingerprint density at radius 3 is 2.50 bits per heavy atom. The zero-order chi connectivity index (χ0) is 33.6. The van der Waals surface area contributed by atoms with E-state index in [4.69, 9.17) is 9.47 Å². The van der Waals surface area contributed by atoms with Crippen LogP contribution in [0, 0.1) is 46.3 Å². The fourth-order valence-electron chi connectivity index (χ4n) is 12.0. The van der Waals surface area contributed by atoms with Gasteiger partial charge in [0, 0.05) is 10.8 Å². The Labute approximate surface area is 292 Å². The van der Waals surface area contributed by atoms with E-state index in [9.17, 15) is 0 Å². The molecule has 3 aromatic carbocycles. The number of ether oxygens (including phenoxy) is 2. The summed E-state index contributed by atoms with van der Waals surface area (Å²) in [5.74, 6) is 6.33. The lowest BCUT2D eigenvalue weighted by Gasteiger charge is -2.58. The van der Waals surface area contributed by atoms with Crippen molar-refractivity contribution in [3.63, 3.8) is 0 Å². The molecule has 2 heteroatoms. The molecular weight excluding hydrogens is 585 g/mol. The molecule has 0 bridgehead atoms. The zero-order valence-corrected chi connectivity index (χ0v) is 31.4. The van der Waals surface area contributed by atoms with Crippen LogP contribution in [0.1, 0.15) is 125 Å². The maximum absolute atomic E-state index is 6.58. The van der Waals surface area contributed by atoms with Crippen LogP contribution >= 0.6 is 0 Å². The lowest BCUT2D eigenvalue weighted by Crippen LogP contribution is -2.51. The minimum atomic E-state index is 0.326. The number of fused-ring (bicyclic) bond motifs is 5. The van der Waals surface area contributed by atoms with Crippen molar-refractivity contribution >= 4 is 27.6 Å². The Morgan fingerprint density at radius 1 is 0.875 bits per heavy atom. The molecule has 4 aliphatic carbocycles. The van der Waals surface area contributed by atoms with Gasteiger partial charge in [-0.1, -0.05) is 109 Å². The first-order valence-corrected chi connectivity index (χ1v) is 20.0. The molecule has 2 nitrogen and oxygen atoms in total. The van der Waals surface area contributed by atoms with Gasteiger partial charge in [0.2, 0.25) is 0 Å². The smallest absolute Gasteiger partial charge is 0.127 e. The van der Waals surface area contributed by atoms with Crippen molar-refractivity contribution in [2.75, 3.05) is 13.2 Å². The van der Waals surface area contributed by atoms with Crippen LogP contribution in [0.2, 0.25) is 0 Å². The quantitative estimate of drug-likeness (QED) is 0.152. The Hall–Kier alpha value is -2.32. The fraction of sp³-hybridized carbons (Fsp3) is 0.652. The van der Waals surface area contributed by atoms with Crippen molar-refractivity contribution in [2.24, 2.45) is 46.3 Å². The predicted molar refractivity (Wildman–Crippen MR) is 204 cm³/mol. The van der Waals surface area contributed by atoms with Gasteiger partial charge in [0.15, 0.2) is 0 Å². The van der Waals surface area contributed by atoms with E-state index in [2.05, 4.69) is 97.0 Å². The molecule has 48 heavy (non-hydrogen) atoms. The van der Waals surface area contributed by atoms with Crippen LogP contribution in [0.25, 0.3) is 27.6 Å². The molecule has 7 rings (SSSR count). The first-order valence-electron chi connectivity index (χ1n) is 20.0. The second-order valence-electron chi connectivity index (χ2n) is 17.5. The van der Waals surface area contributed by atoms with E-state index < -0.39 is 0 Å². The van der Waals surface area contributed by atoms with Gasteiger partial charge in [-0.2, -0.15) is 0 Å². The molecule has 0 N–H and O–H groups in total. The van der Waals surface area contributed by atoms with Gasteiger partial charge in [-0.3, -0.25) is 0 Å². The van der Waals surface area contributed by atoms with Gasteiger partial charge in [-0.15, -0.1) is 0 Å². The van der Waals surface area contributed by atoms with Crippen LogP contribution in [0.15, 0.2) is 48.0 Å². The Morgan fingerprint density at radius 2 is 1.71 bits per heavy atom. The second kappa shape index (κ2) is 13.8. The fourth-order valence-corrected chi connectivity index (χ4v) is 12.0. The van der Waals surface area contributed by atoms with Gasteiger partial charge in [-0.05, 0) is 139 Å². The number of benzene rings is 3. The number of aryl methyl sites for hydroxylation is 1. The van der Waals surface area contributed by atoms with Gasteiger partial charge in [0.05, 0.1) is 12.7 Å². The molecule has 0 saturated heterocycles. The first-order chi connectivity index (χ1) is 23.2. The number of rotatable bonds is 11. The number of hydrogen-bond acceptors (Lipinski definition) is 2. The minimum Gasteiger partial charge on any atom is -0.491 e. The summed E-state index contributed by atoms with van der Waals surface area (Å²) in [7, 11) is 0. The van der Waals surface area contributed by atoms with Crippen LogP contribution in [0.5, 0.6) is 5.75 Å². The van der Waals surface area contributed by atoms with E-state index >= 15 is 0 Å². The van der Waals surface area contributed by atoms with E-state index in [-0.39, 0.29) is 0 Å². The summed E-state index contributed by atoms with van der Waals surface area (Å²) >= 11 is 0. The highest BCUT2D eigenvalue weighted by molar-refractivity contribution is 6.13. The van der Waals surface area contributed by atoms with Crippen molar-refractivity contribution in [1.29, 1.82) is 0 Å². The number of allylic oxidation sites excluding steroid dienone is 1. The molecule has 8 atom stereocenters. The van der Waals surface area contributed by atoms with Crippen molar-refractivity contribution in [3.05, 3.63) is 58.8 Å². The van der Waals surface area contributed by atoms with Crippen LogP contribution < -0.4 is 9.96 Å². The topological polar surface area (TPSA) is 18.5 Å². The SMILES string of the molecule is C/C=c1\ccc2c(OCCOC3CCC4(C)C(=CCC5C4CCC4(C)C(C(C)CCCC(C)C)CCC54)C3)ccc3ccc(CC)c1c32. The summed E-state index contributed by atoms with van der Waals surface area (Å²) in [4.78, 5) is 0. The van der Waals surface area contributed by atoms with Gasteiger partial charge in [0.25, 0.3) is 0 Å². The lowest BCUT2D eigenvalue weighted by molar-refractivity contribution is -0.0653. The summed E-state index contributed by atoms with van der Waals surface area (Å²) in [6.07, 6.45) is 21.3. The van der Waals surface area contributed by atoms with E-state index in [1.165, 1.54) is 96.5 Å². The predicted octanol–water partition coefficient (Wildman–Crippen LogP) is 11.9.